The zero-order valence-corrected chi connectivity index (χ0v) is 11.3. The van der Waals surface area contributed by atoms with Crippen molar-refractivity contribution in [3.8, 4) is 0 Å². The van der Waals surface area contributed by atoms with E-state index in [2.05, 4.69) is 9.88 Å². The van der Waals surface area contributed by atoms with Crippen LogP contribution in [0.25, 0.3) is 0 Å². The summed E-state index contributed by atoms with van der Waals surface area (Å²) in [6, 6.07) is 1.89. The highest BCUT2D eigenvalue weighted by atomic mass is 35.5. The molecule has 3 nitrogen and oxygen atoms in total. The quantitative estimate of drug-likeness (QED) is 0.790. The Morgan fingerprint density at radius 1 is 1.59 bits per heavy atom. The fourth-order valence-electron chi connectivity index (χ4n) is 2.17. The molecule has 0 saturated carbocycles. The van der Waals surface area contributed by atoms with Gasteiger partial charge in [-0.1, -0.05) is 11.6 Å². The minimum atomic E-state index is 0.444. The van der Waals surface area contributed by atoms with E-state index in [1.165, 1.54) is 0 Å². The first kappa shape index (κ1) is 12.9. The molecule has 1 aromatic heterocycles. The van der Waals surface area contributed by atoms with E-state index < -0.39 is 0 Å². The molecule has 0 bridgehead atoms. The first-order chi connectivity index (χ1) is 8.24. The van der Waals surface area contributed by atoms with Gasteiger partial charge in [-0.2, -0.15) is 0 Å². The number of pyridine rings is 1. The van der Waals surface area contributed by atoms with E-state index in [0.717, 1.165) is 37.5 Å². The van der Waals surface area contributed by atoms with Gasteiger partial charge in [0, 0.05) is 38.2 Å². The van der Waals surface area contributed by atoms with Gasteiger partial charge < -0.3 is 9.64 Å². The molecule has 94 valence electrons. The average molecular weight is 275 g/mol. The Labute approximate surface area is 112 Å². The Morgan fingerprint density at radius 3 is 3.06 bits per heavy atom. The Hall–Kier alpha value is -0.510. The van der Waals surface area contributed by atoms with E-state index >= 15 is 0 Å². The van der Waals surface area contributed by atoms with Gasteiger partial charge in [-0.05, 0) is 18.1 Å². The summed E-state index contributed by atoms with van der Waals surface area (Å²) in [5, 5.41) is 0.682. The summed E-state index contributed by atoms with van der Waals surface area (Å²) in [6.45, 7) is 2.75. The number of alkyl halides is 1. The van der Waals surface area contributed by atoms with Gasteiger partial charge in [-0.25, -0.2) is 4.98 Å². The summed E-state index contributed by atoms with van der Waals surface area (Å²) < 4.78 is 5.18. The van der Waals surface area contributed by atoms with E-state index in [9.17, 15) is 0 Å². The molecule has 2 heterocycles. The third kappa shape index (κ3) is 3.03. The van der Waals surface area contributed by atoms with Crippen LogP contribution in [0.4, 0.5) is 5.82 Å². The molecule has 5 heteroatoms. The van der Waals surface area contributed by atoms with Crippen molar-refractivity contribution in [3.63, 3.8) is 0 Å². The van der Waals surface area contributed by atoms with Gasteiger partial charge in [-0.3, -0.25) is 0 Å². The predicted octanol–water partition coefficient (Wildman–Crippen LogP) is 2.95. The smallest absolute Gasteiger partial charge is 0.147 e. The van der Waals surface area contributed by atoms with Gasteiger partial charge in [0.2, 0.25) is 0 Å². The molecule has 1 fully saturated rings. The summed E-state index contributed by atoms with van der Waals surface area (Å²) in [6.07, 6.45) is 2.92. The van der Waals surface area contributed by atoms with Gasteiger partial charge in [0.05, 0.1) is 11.6 Å². The van der Waals surface area contributed by atoms with Crippen molar-refractivity contribution in [1.29, 1.82) is 0 Å². The number of rotatable bonds is 4. The average Bonchev–Trinajstić information content (AvgIpc) is 2.78. The third-order valence-corrected chi connectivity index (χ3v) is 3.61. The van der Waals surface area contributed by atoms with E-state index in [-0.39, 0.29) is 0 Å². The van der Waals surface area contributed by atoms with Crippen LogP contribution < -0.4 is 4.90 Å². The van der Waals surface area contributed by atoms with E-state index in [0.29, 0.717) is 16.8 Å². The molecule has 0 radical (unpaired) electrons. The maximum Gasteiger partial charge on any atom is 0.147 e. The normalized spacial score (nSPS) is 19.9. The number of methoxy groups -OCH3 is 1. The first-order valence-electron chi connectivity index (χ1n) is 5.69. The number of hydrogen-bond acceptors (Lipinski definition) is 3. The van der Waals surface area contributed by atoms with Crippen molar-refractivity contribution < 1.29 is 4.74 Å². The monoisotopic (exact) mass is 274 g/mol. The SMILES string of the molecule is COCC1CCN(c2ncc(CCl)cc2Cl)C1. The van der Waals surface area contributed by atoms with Gasteiger partial charge >= 0.3 is 0 Å². The van der Waals surface area contributed by atoms with Crippen molar-refractivity contribution in [1.82, 2.24) is 4.98 Å². The number of hydrogen-bond donors (Lipinski definition) is 0. The fourth-order valence-corrected chi connectivity index (χ4v) is 2.63. The maximum atomic E-state index is 6.22. The molecule has 0 aliphatic carbocycles. The van der Waals surface area contributed by atoms with Gasteiger partial charge in [0.1, 0.15) is 5.82 Å². The van der Waals surface area contributed by atoms with Crippen LogP contribution in [0.5, 0.6) is 0 Å². The molecule has 1 saturated heterocycles. The second-order valence-corrected chi connectivity index (χ2v) is 5.01. The topological polar surface area (TPSA) is 25.4 Å². The lowest BCUT2D eigenvalue weighted by molar-refractivity contribution is 0.161. The van der Waals surface area contributed by atoms with Crippen LogP contribution in [0.1, 0.15) is 12.0 Å². The number of ether oxygens (including phenoxy) is 1. The summed E-state index contributed by atoms with van der Waals surface area (Å²) in [7, 11) is 1.74. The molecular weight excluding hydrogens is 259 g/mol. The molecule has 0 amide bonds. The lowest BCUT2D eigenvalue weighted by atomic mass is 10.1. The van der Waals surface area contributed by atoms with Crippen LogP contribution in [0.2, 0.25) is 5.02 Å². The van der Waals surface area contributed by atoms with Crippen LogP contribution >= 0.6 is 23.2 Å². The molecule has 2 rings (SSSR count). The molecule has 1 unspecified atom stereocenters. The Kier molecular flexibility index (Phi) is 4.48. The number of aromatic nitrogens is 1. The second-order valence-electron chi connectivity index (χ2n) is 4.34. The summed E-state index contributed by atoms with van der Waals surface area (Å²) in [5.74, 6) is 1.88. The zero-order chi connectivity index (χ0) is 12.3. The Bertz CT molecular complexity index is 387. The molecule has 0 aromatic carbocycles. The van der Waals surface area contributed by atoms with Crippen LogP contribution in [-0.2, 0) is 10.6 Å². The van der Waals surface area contributed by atoms with Gasteiger partial charge in [0.15, 0.2) is 0 Å². The summed E-state index contributed by atoms with van der Waals surface area (Å²) >= 11 is 12.0. The fraction of sp³-hybridized carbons (Fsp3) is 0.583. The highest BCUT2D eigenvalue weighted by molar-refractivity contribution is 6.33. The minimum Gasteiger partial charge on any atom is -0.384 e. The third-order valence-electron chi connectivity index (χ3n) is 3.02. The van der Waals surface area contributed by atoms with Crippen LogP contribution in [0.3, 0.4) is 0 Å². The first-order valence-corrected chi connectivity index (χ1v) is 6.60. The molecule has 0 spiro atoms. The lowest BCUT2D eigenvalue weighted by Gasteiger charge is -2.19. The zero-order valence-electron chi connectivity index (χ0n) is 9.83. The highest BCUT2D eigenvalue weighted by Crippen LogP contribution is 2.29. The van der Waals surface area contributed by atoms with Crippen molar-refractivity contribution in [3.05, 3.63) is 22.8 Å². The van der Waals surface area contributed by atoms with Gasteiger partial charge in [-0.15, -0.1) is 11.6 Å². The molecule has 1 atom stereocenters. The molecule has 0 N–H and O–H groups in total. The van der Waals surface area contributed by atoms with Crippen LogP contribution in [0.15, 0.2) is 12.3 Å². The van der Waals surface area contributed by atoms with Crippen molar-refractivity contribution in [2.24, 2.45) is 5.92 Å². The predicted molar refractivity (Wildman–Crippen MR) is 71.0 cm³/mol. The van der Waals surface area contributed by atoms with Crippen molar-refractivity contribution in [2.75, 3.05) is 31.7 Å². The number of nitrogens with zero attached hydrogens (tertiary/aromatic N) is 2. The maximum absolute atomic E-state index is 6.22. The lowest BCUT2D eigenvalue weighted by Crippen LogP contribution is -2.22. The van der Waals surface area contributed by atoms with Crippen LogP contribution in [0, 0.1) is 5.92 Å². The van der Waals surface area contributed by atoms with Crippen LogP contribution in [-0.4, -0.2) is 31.8 Å². The van der Waals surface area contributed by atoms with E-state index in [1.54, 1.807) is 13.3 Å². The van der Waals surface area contributed by atoms with Gasteiger partial charge in [0.25, 0.3) is 0 Å². The number of halogens is 2. The molecule has 1 aliphatic heterocycles. The Balaban J connectivity index is 2.08. The van der Waals surface area contributed by atoms with E-state index in [4.69, 9.17) is 27.9 Å². The van der Waals surface area contributed by atoms with E-state index in [1.807, 2.05) is 6.07 Å². The largest absolute Gasteiger partial charge is 0.384 e. The minimum absolute atomic E-state index is 0.444. The molecule has 17 heavy (non-hydrogen) atoms. The molecule has 1 aliphatic rings. The standard InChI is InChI=1S/C12H16Cl2N2O/c1-17-8-9-2-3-16(7-9)12-11(14)4-10(5-13)6-15-12/h4,6,9H,2-3,5,7-8H2,1H3. The van der Waals surface area contributed by atoms with Crippen molar-refractivity contribution in [2.45, 2.75) is 12.3 Å². The second kappa shape index (κ2) is 5.89. The number of anilines is 1. The van der Waals surface area contributed by atoms with Crippen molar-refractivity contribution >= 4 is 29.0 Å². The molecule has 1 aromatic rings. The highest BCUT2D eigenvalue weighted by Gasteiger charge is 2.24. The summed E-state index contributed by atoms with van der Waals surface area (Å²) in [5.41, 5.74) is 0.952. The summed E-state index contributed by atoms with van der Waals surface area (Å²) in [4.78, 5) is 6.61. The Morgan fingerprint density at radius 2 is 2.41 bits per heavy atom. The molecular formula is C12H16Cl2N2O.